The molecule has 1 fully saturated rings. The van der Waals surface area contributed by atoms with E-state index in [0.717, 1.165) is 6.07 Å². The van der Waals surface area contributed by atoms with Gasteiger partial charge in [0.2, 0.25) is 0 Å². The van der Waals surface area contributed by atoms with Crippen LogP contribution in [-0.4, -0.2) is 38.3 Å². The van der Waals surface area contributed by atoms with E-state index in [2.05, 4.69) is 25.3 Å². The van der Waals surface area contributed by atoms with E-state index in [4.69, 9.17) is 9.37 Å². The van der Waals surface area contributed by atoms with E-state index in [9.17, 15) is 22.8 Å². The summed E-state index contributed by atoms with van der Waals surface area (Å²) in [6, 6.07) is 7.21. The average molecular weight is 529 g/mol. The first-order valence-electron chi connectivity index (χ1n) is 13.0. The molecule has 1 amide bonds. The Morgan fingerprint density at radius 3 is 2.76 bits per heavy atom. The van der Waals surface area contributed by atoms with E-state index < -0.39 is 36.5 Å². The van der Waals surface area contributed by atoms with Gasteiger partial charge in [-0.15, -0.1) is 0 Å². The second-order valence-electron chi connectivity index (χ2n) is 8.87. The number of rotatable bonds is 4. The van der Waals surface area contributed by atoms with Gasteiger partial charge in [0.05, 0.1) is 47.1 Å². The van der Waals surface area contributed by atoms with E-state index >= 15 is 0 Å². The fourth-order valence-corrected chi connectivity index (χ4v) is 4.80. The molecule has 2 N–H and O–H groups in total. The lowest BCUT2D eigenvalue weighted by Crippen LogP contribution is -2.33. The summed E-state index contributed by atoms with van der Waals surface area (Å²) in [7, 11) is 1.23. The molecular weight excluding hydrogens is 503 g/mol. The second-order valence-corrected chi connectivity index (χ2v) is 8.87. The normalized spacial score (nSPS) is 19.0. The Morgan fingerprint density at radius 1 is 1.24 bits per heavy atom. The number of nitrogens with zero attached hydrogens (tertiary/aromatic N) is 5. The zero-order valence-corrected chi connectivity index (χ0v) is 19.8. The van der Waals surface area contributed by atoms with E-state index in [1.54, 1.807) is 6.07 Å². The second kappa shape index (κ2) is 9.37. The van der Waals surface area contributed by atoms with Gasteiger partial charge in [-0.25, -0.2) is 19.6 Å². The monoisotopic (exact) mass is 528 g/mol. The van der Waals surface area contributed by atoms with Crippen LogP contribution in [0.2, 0.25) is 0 Å². The summed E-state index contributed by atoms with van der Waals surface area (Å²) in [5, 5.41) is 14.8. The zero-order chi connectivity index (χ0) is 29.7. The van der Waals surface area contributed by atoms with Crippen LogP contribution in [0.5, 0.6) is 0 Å². The molecule has 13 heteroatoms. The van der Waals surface area contributed by atoms with E-state index in [-0.39, 0.29) is 45.2 Å². The first-order valence-corrected chi connectivity index (χ1v) is 11.5. The number of ether oxygens (including phenoxy) is 1. The first kappa shape index (κ1) is 21.5. The smallest absolute Gasteiger partial charge is 0.418 e. The number of amides is 1. The summed E-state index contributed by atoms with van der Waals surface area (Å²) >= 11 is 0. The van der Waals surface area contributed by atoms with Gasteiger partial charge < -0.3 is 15.4 Å². The van der Waals surface area contributed by atoms with Crippen LogP contribution in [0, 0.1) is 11.3 Å². The van der Waals surface area contributed by atoms with Crippen LogP contribution >= 0.6 is 0 Å². The Morgan fingerprint density at radius 2 is 2.05 bits per heavy atom. The number of alkyl carbamates (subject to hydrolysis) is 1. The van der Waals surface area contributed by atoms with E-state index in [0.29, 0.717) is 23.8 Å². The molecule has 3 heterocycles. The standard InChI is InChI=1S/C25H22F3N7O3/c1-34-19-12-30-21(10-18(19)35(24(34)37)16-5-4-15(9-16)31-23(36)38-2)32-20-6-3-14-7-13(11-29)8-17(22(14)33-20)25(26,27)28/h3,6-8,10,12,15-16H,4-5,9H2,1-2H3,(H,31,36)(H,30,32,33)/t15-,16-/m1/s1/i1D3. The summed E-state index contributed by atoms with van der Waals surface area (Å²) in [5.41, 5.74) is -2.11. The zero-order valence-electron chi connectivity index (χ0n) is 22.8. The van der Waals surface area contributed by atoms with Crippen molar-refractivity contribution >= 4 is 39.7 Å². The van der Waals surface area contributed by atoms with Gasteiger partial charge in [0.25, 0.3) is 0 Å². The van der Waals surface area contributed by atoms with Gasteiger partial charge in [-0.2, -0.15) is 18.4 Å². The van der Waals surface area contributed by atoms with Gasteiger partial charge >= 0.3 is 18.0 Å². The fourth-order valence-electron chi connectivity index (χ4n) is 4.80. The van der Waals surface area contributed by atoms with Gasteiger partial charge in [-0.05, 0) is 43.5 Å². The summed E-state index contributed by atoms with van der Waals surface area (Å²) in [5.74, 6) is 0.108. The number of imidazole rings is 1. The van der Waals surface area contributed by atoms with Gasteiger partial charge in [0.1, 0.15) is 11.6 Å². The van der Waals surface area contributed by atoms with Crippen LogP contribution in [0.3, 0.4) is 0 Å². The van der Waals surface area contributed by atoms with Crippen LogP contribution in [0.1, 0.15) is 40.5 Å². The number of carbonyl (C=O) groups excluding carboxylic acids is 1. The molecule has 0 bridgehead atoms. The summed E-state index contributed by atoms with van der Waals surface area (Å²) in [4.78, 5) is 33.3. The van der Waals surface area contributed by atoms with Crippen molar-refractivity contribution in [3.05, 3.63) is 58.1 Å². The Kier molecular flexibility index (Phi) is 5.30. The van der Waals surface area contributed by atoms with Gasteiger partial charge in [0.15, 0.2) is 0 Å². The minimum Gasteiger partial charge on any atom is -0.453 e. The Hall–Kier alpha value is -4.60. The largest absolute Gasteiger partial charge is 0.453 e. The molecule has 0 saturated heterocycles. The first-order chi connectivity index (χ1) is 19.3. The number of aryl methyl sites for hydroxylation is 1. The molecule has 1 aliphatic carbocycles. The molecule has 1 aliphatic rings. The number of aromatic nitrogens is 4. The number of nitriles is 1. The molecule has 0 unspecified atom stereocenters. The van der Waals surface area contributed by atoms with Crippen molar-refractivity contribution in [2.75, 3.05) is 12.4 Å². The van der Waals surface area contributed by atoms with Gasteiger partial charge in [-0.1, -0.05) is 0 Å². The highest BCUT2D eigenvalue weighted by Crippen LogP contribution is 2.36. The summed E-state index contributed by atoms with van der Waals surface area (Å²) in [6.07, 6.45) is -2.84. The highest BCUT2D eigenvalue weighted by Gasteiger charge is 2.34. The molecule has 0 aliphatic heterocycles. The van der Waals surface area contributed by atoms with Crippen molar-refractivity contribution in [1.82, 2.24) is 24.4 Å². The number of halogens is 3. The van der Waals surface area contributed by atoms with Crippen molar-refractivity contribution in [3.8, 4) is 6.07 Å². The van der Waals surface area contributed by atoms with Crippen molar-refractivity contribution < 1.29 is 26.8 Å². The molecular formula is C25H22F3N7O3. The number of hydrogen-bond acceptors (Lipinski definition) is 7. The lowest BCUT2D eigenvalue weighted by molar-refractivity contribution is -0.136. The van der Waals surface area contributed by atoms with Crippen LogP contribution < -0.4 is 16.3 Å². The Balaban J connectivity index is 1.56. The number of methoxy groups -OCH3 is 1. The lowest BCUT2D eigenvalue weighted by atomic mass is 10.1. The quantitative estimate of drug-likeness (QED) is 0.403. The number of anilines is 2. The van der Waals surface area contributed by atoms with Crippen molar-refractivity contribution in [2.45, 2.75) is 37.5 Å². The highest BCUT2D eigenvalue weighted by molar-refractivity contribution is 5.86. The van der Waals surface area contributed by atoms with Crippen LogP contribution in [0.25, 0.3) is 21.9 Å². The summed E-state index contributed by atoms with van der Waals surface area (Å²) in [6.45, 7) is -2.81. The maximum atomic E-state index is 13.7. The average Bonchev–Trinajstić information content (AvgIpc) is 3.47. The third-order valence-corrected chi connectivity index (χ3v) is 6.52. The molecule has 1 aromatic carbocycles. The molecule has 0 radical (unpaired) electrons. The number of nitrogens with one attached hydrogen (secondary N) is 2. The molecule has 196 valence electrons. The number of benzene rings is 1. The molecule has 10 nitrogen and oxygen atoms in total. The van der Waals surface area contributed by atoms with Crippen molar-refractivity contribution in [3.63, 3.8) is 0 Å². The maximum Gasteiger partial charge on any atom is 0.418 e. The Bertz CT molecular complexity index is 1780. The van der Waals surface area contributed by atoms with Crippen LogP contribution in [0.4, 0.5) is 29.6 Å². The number of alkyl halides is 3. The number of fused-ring (bicyclic) bond motifs is 2. The molecule has 2 atom stereocenters. The minimum atomic E-state index is -4.76. The Labute approximate surface area is 217 Å². The van der Waals surface area contributed by atoms with E-state index in [1.807, 2.05) is 0 Å². The number of carbonyl (C=O) groups is 1. The molecule has 0 spiro atoms. The molecule has 5 rings (SSSR count). The van der Waals surface area contributed by atoms with Crippen molar-refractivity contribution in [1.29, 1.82) is 5.26 Å². The molecule has 1 saturated carbocycles. The highest BCUT2D eigenvalue weighted by atomic mass is 19.4. The SMILES string of the molecule is [2H]C([2H])([2H])n1c(=O)n([C@@H]2CC[C@@H](NC(=O)OC)C2)c2cc(Nc3ccc4cc(C#N)cc(C(F)(F)F)c4n3)ncc21. The number of hydrogen-bond donors (Lipinski definition) is 2. The predicted molar refractivity (Wildman–Crippen MR) is 132 cm³/mol. The summed E-state index contributed by atoms with van der Waals surface area (Å²) < 4.78 is 71.5. The van der Waals surface area contributed by atoms with Crippen LogP contribution in [-0.2, 0) is 17.9 Å². The van der Waals surface area contributed by atoms with Crippen molar-refractivity contribution in [2.24, 2.45) is 6.98 Å². The fraction of sp³-hybridized carbons (Fsp3) is 0.320. The third-order valence-electron chi connectivity index (χ3n) is 6.52. The van der Waals surface area contributed by atoms with Gasteiger partial charge in [-0.3, -0.25) is 9.13 Å². The predicted octanol–water partition coefficient (Wildman–Crippen LogP) is 4.37. The van der Waals surface area contributed by atoms with Crippen LogP contribution in [0.15, 0.2) is 41.3 Å². The topological polar surface area (TPSA) is 127 Å². The third kappa shape index (κ3) is 4.49. The van der Waals surface area contributed by atoms with E-state index in [1.165, 1.54) is 42.1 Å². The molecule has 38 heavy (non-hydrogen) atoms. The molecule has 3 aromatic heterocycles. The lowest BCUT2D eigenvalue weighted by Gasteiger charge is -2.14. The maximum absolute atomic E-state index is 13.7. The molecule has 4 aromatic rings. The number of pyridine rings is 2. The minimum absolute atomic E-state index is 0.00640. The van der Waals surface area contributed by atoms with Gasteiger partial charge in [0, 0.05) is 34.6 Å².